The zero-order valence-corrected chi connectivity index (χ0v) is 11.8. The molecule has 1 aromatic carbocycles. The number of hydrogen-bond donors (Lipinski definition) is 3. The molecule has 120 valence electrons. The van der Waals surface area contributed by atoms with Crippen molar-refractivity contribution in [3.05, 3.63) is 35.4 Å². The molecule has 9 nitrogen and oxygen atoms in total. The van der Waals surface area contributed by atoms with Gasteiger partial charge in [0.15, 0.2) is 0 Å². The summed E-state index contributed by atoms with van der Waals surface area (Å²) in [5.74, 6) is -4.50. The molecule has 0 saturated carbocycles. The van der Waals surface area contributed by atoms with Gasteiger partial charge in [0, 0.05) is 0 Å². The topological polar surface area (TPSA) is 147 Å². The Bertz CT molecular complexity index is 679. The monoisotopic (exact) mass is 319 g/mol. The number of amides is 4. The number of carbonyl (C=O) groups is 5. The van der Waals surface area contributed by atoms with Gasteiger partial charge in [-0.3, -0.25) is 24.1 Å². The summed E-state index contributed by atoms with van der Waals surface area (Å²) in [6, 6.07) is 4.57. The minimum atomic E-state index is -1.52. The van der Waals surface area contributed by atoms with Gasteiger partial charge in [0.1, 0.15) is 12.6 Å². The van der Waals surface area contributed by atoms with Gasteiger partial charge in [-0.2, -0.15) is 0 Å². The van der Waals surface area contributed by atoms with Crippen molar-refractivity contribution in [3.8, 4) is 0 Å². The van der Waals surface area contributed by atoms with Crippen LogP contribution >= 0.6 is 0 Å². The maximum absolute atomic E-state index is 12.1. The quantitative estimate of drug-likeness (QED) is 0.557. The lowest BCUT2D eigenvalue weighted by Gasteiger charge is -2.16. The van der Waals surface area contributed by atoms with E-state index in [9.17, 15) is 24.0 Å². The normalized spacial score (nSPS) is 14.3. The van der Waals surface area contributed by atoms with Crippen molar-refractivity contribution in [2.24, 2.45) is 5.73 Å². The van der Waals surface area contributed by atoms with E-state index >= 15 is 0 Å². The minimum absolute atomic E-state index is 0.178. The molecule has 0 radical (unpaired) electrons. The van der Waals surface area contributed by atoms with E-state index in [4.69, 9.17) is 10.8 Å². The number of imide groups is 1. The highest BCUT2D eigenvalue weighted by Crippen LogP contribution is 2.21. The van der Waals surface area contributed by atoms with E-state index in [0.29, 0.717) is 4.90 Å². The Labute approximate surface area is 130 Å². The van der Waals surface area contributed by atoms with Crippen LogP contribution < -0.4 is 11.1 Å². The number of hydrogen-bond acceptors (Lipinski definition) is 5. The Morgan fingerprint density at radius 2 is 1.65 bits per heavy atom. The van der Waals surface area contributed by atoms with Crippen LogP contribution in [0, 0.1) is 0 Å². The first-order chi connectivity index (χ1) is 10.8. The van der Waals surface area contributed by atoms with Crippen LogP contribution in [0.2, 0.25) is 0 Å². The van der Waals surface area contributed by atoms with E-state index in [-0.39, 0.29) is 11.1 Å². The Morgan fingerprint density at radius 3 is 2.09 bits per heavy atom. The molecule has 9 heteroatoms. The summed E-state index contributed by atoms with van der Waals surface area (Å²) in [6.07, 6.45) is -0.594. The standard InChI is InChI=1S/C14H13N3O6/c15-10(18)5-9(14(22)23)16-11(19)6-17-12(20)7-3-1-2-4-8(7)13(17)21/h1-4,9H,5-6H2,(H2,15,18)(H,16,19)(H,22,23)/t9-/m1/s1. The number of carbonyl (C=O) groups excluding carboxylic acids is 4. The molecule has 0 saturated heterocycles. The number of carboxylic acid groups (broad SMARTS) is 1. The van der Waals surface area contributed by atoms with E-state index in [2.05, 4.69) is 5.32 Å². The fourth-order valence-electron chi connectivity index (χ4n) is 2.17. The number of rotatable bonds is 6. The molecule has 23 heavy (non-hydrogen) atoms. The van der Waals surface area contributed by atoms with Crippen molar-refractivity contribution in [1.82, 2.24) is 10.2 Å². The number of nitrogens with one attached hydrogen (secondary N) is 1. The van der Waals surface area contributed by atoms with Gasteiger partial charge in [0.2, 0.25) is 11.8 Å². The van der Waals surface area contributed by atoms with Crippen LogP contribution in [0.5, 0.6) is 0 Å². The number of nitrogens with zero attached hydrogens (tertiary/aromatic N) is 1. The van der Waals surface area contributed by atoms with Gasteiger partial charge < -0.3 is 16.2 Å². The van der Waals surface area contributed by atoms with Crippen LogP contribution in [-0.4, -0.2) is 52.2 Å². The van der Waals surface area contributed by atoms with Crippen LogP contribution in [0.4, 0.5) is 0 Å². The van der Waals surface area contributed by atoms with Crippen molar-refractivity contribution >= 4 is 29.6 Å². The van der Waals surface area contributed by atoms with Gasteiger partial charge in [-0.15, -0.1) is 0 Å². The summed E-state index contributed by atoms with van der Waals surface area (Å²) in [6.45, 7) is -0.644. The molecule has 1 aromatic rings. The molecule has 0 aromatic heterocycles. The molecule has 1 heterocycles. The summed E-state index contributed by atoms with van der Waals surface area (Å²) in [5.41, 5.74) is 5.26. The zero-order chi connectivity index (χ0) is 17.1. The largest absolute Gasteiger partial charge is 0.480 e. The molecule has 1 aliphatic rings. The smallest absolute Gasteiger partial charge is 0.326 e. The molecule has 4 N–H and O–H groups in total. The lowest BCUT2D eigenvalue weighted by atomic mass is 10.1. The molecular weight excluding hydrogens is 306 g/mol. The third kappa shape index (κ3) is 3.34. The summed E-state index contributed by atoms with van der Waals surface area (Å²) >= 11 is 0. The van der Waals surface area contributed by atoms with Gasteiger partial charge in [-0.05, 0) is 12.1 Å². The SMILES string of the molecule is NC(=O)C[C@@H](NC(=O)CN1C(=O)c2ccccc2C1=O)C(=O)O. The van der Waals surface area contributed by atoms with Crippen molar-refractivity contribution in [3.63, 3.8) is 0 Å². The van der Waals surface area contributed by atoms with Gasteiger partial charge in [0.05, 0.1) is 17.5 Å². The van der Waals surface area contributed by atoms with Gasteiger partial charge in [0.25, 0.3) is 11.8 Å². The van der Waals surface area contributed by atoms with Crippen LogP contribution in [0.25, 0.3) is 0 Å². The number of benzene rings is 1. The second-order valence-electron chi connectivity index (χ2n) is 4.87. The number of fused-ring (bicyclic) bond motifs is 1. The summed E-state index contributed by atoms with van der Waals surface area (Å²) in [5, 5.41) is 11.0. The predicted octanol–water partition coefficient (Wildman–Crippen LogP) is -1.27. The van der Waals surface area contributed by atoms with Crippen molar-refractivity contribution < 1.29 is 29.1 Å². The summed E-state index contributed by atoms with van der Waals surface area (Å²) < 4.78 is 0. The highest BCUT2D eigenvalue weighted by Gasteiger charge is 2.36. The predicted molar refractivity (Wildman–Crippen MR) is 75.2 cm³/mol. The van der Waals surface area contributed by atoms with Crippen LogP contribution in [0.3, 0.4) is 0 Å². The van der Waals surface area contributed by atoms with Crippen LogP contribution in [-0.2, 0) is 14.4 Å². The molecule has 4 amide bonds. The van der Waals surface area contributed by atoms with Crippen molar-refractivity contribution in [1.29, 1.82) is 0 Å². The number of nitrogens with two attached hydrogens (primary N) is 1. The summed E-state index contributed by atoms with van der Waals surface area (Å²) in [4.78, 5) is 58.5. The molecule has 0 unspecified atom stereocenters. The van der Waals surface area contributed by atoms with Gasteiger partial charge in [-0.1, -0.05) is 12.1 Å². The Hall–Kier alpha value is -3.23. The van der Waals surface area contributed by atoms with Crippen LogP contribution in [0.1, 0.15) is 27.1 Å². The third-order valence-corrected chi connectivity index (χ3v) is 3.22. The maximum Gasteiger partial charge on any atom is 0.326 e. The second-order valence-corrected chi connectivity index (χ2v) is 4.87. The fourth-order valence-corrected chi connectivity index (χ4v) is 2.17. The van der Waals surface area contributed by atoms with E-state index in [1.807, 2.05) is 0 Å². The highest BCUT2D eigenvalue weighted by atomic mass is 16.4. The van der Waals surface area contributed by atoms with Gasteiger partial charge >= 0.3 is 5.97 Å². The molecule has 0 spiro atoms. The Kier molecular flexibility index (Phi) is 4.39. The zero-order valence-electron chi connectivity index (χ0n) is 11.8. The average Bonchev–Trinajstić information content (AvgIpc) is 2.72. The third-order valence-electron chi connectivity index (χ3n) is 3.22. The van der Waals surface area contributed by atoms with E-state index in [0.717, 1.165) is 0 Å². The molecule has 2 rings (SSSR count). The number of aliphatic carboxylic acids is 1. The fraction of sp³-hybridized carbons (Fsp3) is 0.214. The Morgan fingerprint density at radius 1 is 1.13 bits per heavy atom. The van der Waals surface area contributed by atoms with Crippen molar-refractivity contribution in [2.75, 3.05) is 6.54 Å². The lowest BCUT2D eigenvalue weighted by molar-refractivity contribution is -0.143. The molecular formula is C14H13N3O6. The minimum Gasteiger partial charge on any atom is -0.480 e. The first-order valence-electron chi connectivity index (χ1n) is 6.57. The van der Waals surface area contributed by atoms with Crippen LogP contribution in [0.15, 0.2) is 24.3 Å². The average molecular weight is 319 g/mol. The lowest BCUT2D eigenvalue weighted by Crippen LogP contribution is -2.48. The first-order valence-corrected chi connectivity index (χ1v) is 6.57. The number of carboxylic acids is 1. The van der Waals surface area contributed by atoms with E-state index in [1.54, 1.807) is 12.1 Å². The molecule has 0 fully saturated rings. The van der Waals surface area contributed by atoms with E-state index in [1.165, 1.54) is 12.1 Å². The second kappa shape index (κ2) is 6.26. The molecule has 0 bridgehead atoms. The van der Waals surface area contributed by atoms with Gasteiger partial charge in [-0.25, -0.2) is 4.79 Å². The van der Waals surface area contributed by atoms with E-state index < -0.39 is 48.6 Å². The first kappa shape index (κ1) is 16.1. The molecule has 0 aliphatic carbocycles. The molecule has 1 aliphatic heterocycles. The molecule has 1 atom stereocenters. The summed E-state index contributed by atoms with van der Waals surface area (Å²) in [7, 11) is 0. The Balaban J connectivity index is 2.07. The highest BCUT2D eigenvalue weighted by molar-refractivity contribution is 6.22. The maximum atomic E-state index is 12.1. The van der Waals surface area contributed by atoms with Crippen molar-refractivity contribution in [2.45, 2.75) is 12.5 Å². The number of primary amides is 1.